The SMILES string of the molecule is CC(NC(=O)C(N)Cc1ccccc1)C(=O)NC(CCCN=C(N)N)C(=O)NC(C(=O)O)C(C)O. The number of carbonyl (C=O) groups excluding carboxylic acids is 3. The Morgan fingerprint density at radius 3 is 2.14 bits per heavy atom. The zero-order chi connectivity index (χ0) is 26.5. The maximum Gasteiger partial charge on any atom is 0.328 e. The lowest BCUT2D eigenvalue weighted by Crippen LogP contribution is -2.57. The van der Waals surface area contributed by atoms with Gasteiger partial charge >= 0.3 is 5.97 Å². The largest absolute Gasteiger partial charge is 0.480 e. The monoisotopic (exact) mass is 493 g/mol. The molecule has 0 aromatic heterocycles. The summed E-state index contributed by atoms with van der Waals surface area (Å²) in [6.07, 6.45) is -0.758. The van der Waals surface area contributed by atoms with Crippen LogP contribution in [-0.2, 0) is 25.6 Å². The van der Waals surface area contributed by atoms with Gasteiger partial charge in [0.15, 0.2) is 12.0 Å². The van der Waals surface area contributed by atoms with Gasteiger partial charge in [0.05, 0.1) is 12.1 Å². The molecule has 0 aliphatic carbocycles. The number of amides is 3. The molecule has 194 valence electrons. The summed E-state index contributed by atoms with van der Waals surface area (Å²) in [6, 6.07) is 4.45. The summed E-state index contributed by atoms with van der Waals surface area (Å²) in [5, 5.41) is 26.0. The number of carboxylic acid groups (broad SMARTS) is 1. The second kappa shape index (κ2) is 14.5. The van der Waals surface area contributed by atoms with Gasteiger partial charge in [-0.2, -0.15) is 0 Å². The summed E-state index contributed by atoms with van der Waals surface area (Å²) >= 11 is 0. The quantitative estimate of drug-likeness (QED) is 0.0778. The fraction of sp³-hybridized carbons (Fsp3) is 0.500. The first-order valence-electron chi connectivity index (χ1n) is 11.1. The standard InChI is InChI=1S/C22H35N7O6/c1-12(27-19(32)15(23)11-14-7-4-3-5-8-14)18(31)28-16(9-6-10-26-22(24)25)20(33)29-17(13(2)30)21(34)35/h3-5,7-8,12-13,15-17,30H,6,9-11,23H2,1-2H3,(H,27,32)(H,28,31)(H,29,33)(H,34,35)(H4,24,25,26). The van der Waals surface area contributed by atoms with Crippen LogP contribution in [0.2, 0.25) is 0 Å². The molecular weight excluding hydrogens is 458 g/mol. The minimum atomic E-state index is -1.58. The summed E-state index contributed by atoms with van der Waals surface area (Å²) < 4.78 is 0. The number of hydrogen-bond donors (Lipinski definition) is 8. The topological polar surface area (TPSA) is 235 Å². The smallest absolute Gasteiger partial charge is 0.328 e. The summed E-state index contributed by atoms with van der Waals surface area (Å²) in [5.41, 5.74) is 17.4. The van der Waals surface area contributed by atoms with E-state index < -0.39 is 54.0 Å². The molecule has 1 aromatic carbocycles. The van der Waals surface area contributed by atoms with E-state index in [1.165, 1.54) is 13.8 Å². The second-order valence-electron chi connectivity index (χ2n) is 8.10. The molecule has 1 aromatic rings. The fourth-order valence-corrected chi connectivity index (χ4v) is 3.06. The number of guanidine groups is 1. The number of aliphatic hydroxyl groups is 1. The lowest BCUT2D eigenvalue weighted by molar-refractivity contribution is -0.145. The number of aliphatic hydroxyl groups excluding tert-OH is 1. The maximum absolute atomic E-state index is 12.7. The van der Waals surface area contributed by atoms with Crippen LogP contribution in [0.1, 0.15) is 32.3 Å². The first kappa shape index (κ1) is 29.3. The Morgan fingerprint density at radius 2 is 1.60 bits per heavy atom. The Hall–Kier alpha value is -3.71. The zero-order valence-corrected chi connectivity index (χ0v) is 19.8. The van der Waals surface area contributed by atoms with Crippen molar-refractivity contribution in [3.63, 3.8) is 0 Å². The molecule has 0 spiro atoms. The van der Waals surface area contributed by atoms with Gasteiger partial charge in [-0.05, 0) is 38.7 Å². The average molecular weight is 494 g/mol. The van der Waals surface area contributed by atoms with Crippen LogP contribution in [0.3, 0.4) is 0 Å². The van der Waals surface area contributed by atoms with Crippen LogP contribution in [-0.4, -0.2) is 76.7 Å². The van der Waals surface area contributed by atoms with E-state index in [9.17, 15) is 29.4 Å². The number of carboxylic acids is 1. The highest BCUT2D eigenvalue weighted by Crippen LogP contribution is 2.04. The molecule has 5 unspecified atom stereocenters. The number of rotatable bonds is 14. The molecule has 0 fully saturated rings. The van der Waals surface area contributed by atoms with E-state index >= 15 is 0 Å². The number of nitrogens with two attached hydrogens (primary N) is 3. The lowest BCUT2D eigenvalue weighted by Gasteiger charge is -2.24. The molecule has 11 N–H and O–H groups in total. The number of nitrogens with zero attached hydrogens (tertiary/aromatic N) is 1. The Kier molecular flexibility index (Phi) is 12.2. The van der Waals surface area contributed by atoms with E-state index in [4.69, 9.17) is 17.2 Å². The van der Waals surface area contributed by atoms with Crippen molar-refractivity contribution in [3.8, 4) is 0 Å². The number of carbonyl (C=O) groups is 4. The van der Waals surface area contributed by atoms with Gasteiger partial charge in [-0.3, -0.25) is 19.4 Å². The van der Waals surface area contributed by atoms with Crippen molar-refractivity contribution in [1.29, 1.82) is 0 Å². The van der Waals surface area contributed by atoms with Crippen LogP contribution in [0.25, 0.3) is 0 Å². The Labute approximate surface area is 203 Å². The molecule has 13 nitrogen and oxygen atoms in total. The third-order valence-corrected chi connectivity index (χ3v) is 5.01. The van der Waals surface area contributed by atoms with Crippen molar-refractivity contribution in [2.24, 2.45) is 22.2 Å². The van der Waals surface area contributed by atoms with Crippen molar-refractivity contribution in [2.75, 3.05) is 6.54 Å². The molecule has 0 radical (unpaired) electrons. The molecule has 0 saturated carbocycles. The highest BCUT2D eigenvalue weighted by Gasteiger charge is 2.30. The van der Waals surface area contributed by atoms with Gasteiger partial charge in [-0.25, -0.2) is 4.79 Å². The summed E-state index contributed by atoms with van der Waals surface area (Å²) in [4.78, 5) is 52.9. The number of aliphatic imine (C=N–C) groups is 1. The summed E-state index contributed by atoms with van der Waals surface area (Å²) in [7, 11) is 0. The van der Waals surface area contributed by atoms with Crippen molar-refractivity contribution in [1.82, 2.24) is 16.0 Å². The highest BCUT2D eigenvalue weighted by atomic mass is 16.4. The van der Waals surface area contributed by atoms with Crippen LogP contribution >= 0.6 is 0 Å². The average Bonchev–Trinajstić information content (AvgIpc) is 2.78. The molecule has 3 amide bonds. The van der Waals surface area contributed by atoms with Gasteiger partial charge < -0.3 is 43.4 Å². The summed E-state index contributed by atoms with van der Waals surface area (Å²) in [5.74, 6) is -3.64. The molecule has 0 heterocycles. The first-order chi connectivity index (χ1) is 16.4. The third-order valence-electron chi connectivity index (χ3n) is 5.01. The number of hydrogen-bond acceptors (Lipinski definition) is 7. The molecule has 0 saturated heterocycles. The first-order valence-corrected chi connectivity index (χ1v) is 11.1. The summed E-state index contributed by atoms with van der Waals surface area (Å²) in [6.45, 7) is 2.80. The van der Waals surface area contributed by atoms with E-state index in [1.807, 2.05) is 30.3 Å². The minimum absolute atomic E-state index is 0.0642. The molecule has 0 aliphatic rings. The van der Waals surface area contributed by atoms with Gasteiger partial charge in [-0.15, -0.1) is 0 Å². The van der Waals surface area contributed by atoms with Crippen molar-refractivity contribution < 1.29 is 29.4 Å². The minimum Gasteiger partial charge on any atom is -0.480 e. The third kappa shape index (κ3) is 10.8. The van der Waals surface area contributed by atoms with Crippen molar-refractivity contribution in [3.05, 3.63) is 35.9 Å². The van der Waals surface area contributed by atoms with Crippen LogP contribution < -0.4 is 33.2 Å². The molecule has 35 heavy (non-hydrogen) atoms. The highest BCUT2D eigenvalue weighted by molar-refractivity contribution is 5.94. The van der Waals surface area contributed by atoms with E-state index in [-0.39, 0.29) is 31.8 Å². The number of nitrogens with one attached hydrogen (secondary N) is 3. The van der Waals surface area contributed by atoms with E-state index in [1.54, 1.807) is 0 Å². The zero-order valence-electron chi connectivity index (χ0n) is 19.8. The van der Waals surface area contributed by atoms with E-state index in [2.05, 4.69) is 20.9 Å². The van der Waals surface area contributed by atoms with Gasteiger partial charge in [-0.1, -0.05) is 30.3 Å². The molecule has 0 aliphatic heterocycles. The number of benzene rings is 1. The van der Waals surface area contributed by atoms with Crippen molar-refractivity contribution in [2.45, 2.75) is 63.4 Å². The van der Waals surface area contributed by atoms with Crippen LogP contribution in [0.5, 0.6) is 0 Å². The Morgan fingerprint density at radius 1 is 0.971 bits per heavy atom. The van der Waals surface area contributed by atoms with Gasteiger partial charge in [0, 0.05) is 6.54 Å². The molecule has 1 rings (SSSR count). The van der Waals surface area contributed by atoms with E-state index in [0.29, 0.717) is 0 Å². The van der Waals surface area contributed by atoms with Crippen LogP contribution in [0, 0.1) is 0 Å². The second-order valence-corrected chi connectivity index (χ2v) is 8.10. The Balaban J connectivity index is 2.80. The van der Waals surface area contributed by atoms with Crippen LogP contribution in [0.4, 0.5) is 0 Å². The van der Waals surface area contributed by atoms with E-state index in [0.717, 1.165) is 5.56 Å². The Bertz CT molecular complexity index is 890. The molecular formula is C22H35N7O6. The van der Waals surface area contributed by atoms with Crippen molar-refractivity contribution >= 4 is 29.7 Å². The molecule has 0 bridgehead atoms. The van der Waals surface area contributed by atoms with Crippen LogP contribution in [0.15, 0.2) is 35.3 Å². The molecule has 5 atom stereocenters. The molecule has 13 heteroatoms. The predicted octanol–water partition coefficient (Wildman–Crippen LogP) is -2.45. The normalized spacial score (nSPS) is 15.0. The van der Waals surface area contributed by atoms with Gasteiger partial charge in [0.2, 0.25) is 17.7 Å². The fourth-order valence-electron chi connectivity index (χ4n) is 3.06. The van der Waals surface area contributed by atoms with Gasteiger partial charge in [0.25, 0.3) is 0 Å². The number of aliphatic carboxylic acids is 1. The predicted molar refractivity (Wildman–Crippen MR) is 129 cm³/mol. The lowest BCUT2D eigenvalue weighted by atomic mass is 10.1. The maximum atomic E-state index is 12.7. The van der Waals surface area contributed by atoms with Gasteiger partial charge in [0.1, 0.15) is 12.1 Å².